The summed E-state index contributed by atoms with van der Waals surface area (Å²) in [5, 5.41) is 0.0314. The number of rotatable bonds is 9. The largest absolute Gasteiger partial charge is 0.494 e. The van der Waals surface area contributed by atoms with Gasteiger partial charge in [-0.25, -0.2) is 13.2 Å². The number of fused-ring (bicyclic) bond motifs is 1. The molecule has 1 aliphatic heterocycles. The molecule has 182 valence electrons. The fourth-order valence-electron chi connectivity index (χ4n) is 3.56. The van der Waals surface area contributed by atoms with Crippen LogP contribution in [-0.4, -0.2) is 44.3 Å². The minimum absolute atomic E-state index is 0.00188. The molecule has 1 N–H and O–H groups in total. The standard InChI is InChI=1S/C24H22N2O7S2/c1-3-32-15-9-11-17(12-10-15)35(30,31)25-21-20(24(29)33-4-2)13-16(34-21)14-26-22(27)18-7-5-6-8-19(18)23(26)28/h5-13,25H,3-4,14H2,1-2H3. The van der Waals surface area contributed by atoms with E-state index >= 15 is 0 Å². The fourth-order valence-corrected chi connectivity index (χ4v) is 5.90. The molecule has 0 bridgehead atoms. The van der Waals surface area contributed by atoms with Crippen LogP contribution in [0.3, 0.4) is 0 Å². The summed E-state index contributed by atoms with van der Waals surface area (Å²) in [6, 6.07) is 13.8. The molecule has 2 amide bonds. The average molecular weight is 515 g/mol. The summed E-state index contributed by atoms with van der Waals surface area (Å²) in [7, 11) is -4.05. The number of hydrogen-bond acceptors (Lipinski definition) is 8. The Bertz CT molecular complexity index is 1360. The monoisotopic (exact) mass is 514 g/mol. The van der Waals surface area contributed by atoms with Crippen molar-refractivity contribution in [2.75, 3.05) is 17.9 Å². The highest BCUT2D eigenvalue weighted by molar-refractivity contribution is 7.93. The third kappa shape index (κ3) is 4.91. The van der Waals surface area contributed by atoms with Crippen LogP contribution in [0.25, 0.3) is 0 Å². The van der Waals surface area contributed by atoms with E-state index in [4.69, 9.17) is 9.47 Å². The van der Waals surface area contributed by atoms with E-state index in [1.165, 1.54) is 30.3 Å². The number of nitrogens with zero attached hydrogens (tertiary/aromatic N) is 1. The Labute approximate surface area is 206 Å². The Balaban J connectivity index is 1.62. The third-order valence-electron chi connectivity index (χ3n) is 5.14. The van der Waals surface area contributed by atoms with Crippen molar-refractivity contribution in [2.45, 2.75) is 25.3 Å². The van der Waals surface area contributed by atoms with Crippen LogP contribution in [-0.2, 0) is 21.3 Å². The Morgan fingerprint density at radius 3 is 2.17 bits per heavy atom. The maximum atomic E-state index is 13.0. The highest BCUT2D eigenvalue weighted by Gasteiger charge is 2.36. The lowest BCUT2D eigenvalue weighted by Crippen LogP contribution is -2.28. The predicted molar refractivity (Wildman–Crippen MR) is 129 cm³/mol. The van der Waals surface area contributed by atoms with E-state index in [9.17, 15) is 22.8 Å². The summed E-state index contributed by atoms with van der Waals surface area (Å²) < 4.78 is 38.8. The maximum absolute atomic E-state index is 13.0. The third-order valence-corrected chi connectivity index (χ3v) is 7.67. The molecule has 2 heterocycles. The Hall–Kier alpha value is -3.70. The normalized spacial score (nSPS) is 13.0. The second-order valence-electron chi connectivity index (χ2n) is 7.43. The fraction of sp³-hybridized carbons (Fsp3) is 0.208. The quantitative estimate of drug-likeness (QED) is 0.340. The first-order valence-corrected chi connectivity index (χ1v) is 13.1. The van der Waals surface area contributed by atoms with Crippen LogP contribution in [0.15, 0.2) is 59.5 Å². The van der Waals surface area contributed by atoms with Crippen molar-refractivity contribution in [3.05, 3.63) is 76.2 Å². The number of carbonyl (C=O) groups is 3. The van der Waals surface area contributed by atoms with Crippen molar-refractivity contribution in [3.8, 4) is 5.75 Å². The number of anilines is 1. The molecule has 0 saturated carbocycles. The van der Waals surface area contributed by atoms with Gasteiger partial charge in [0, 0.05) is 4.88 Å². The van der Waals surface area contributed by atoms with Gasteiger partial charge >= 0.3 is 5.97 Å². The van der Waals surface area contributed by atoms with Crippen LogP contribution in [0.4, 0.5) is 5.00 Å². The van der Waals surface area contributed by atoms with Crippen LogP contribution in [0.5, 0.6) is 5.75 Å². The highest BCUT2D eigenvalue weighted by atomic mass is 32.2. The Morgan fingerprint density at radius 2 is 1.60 bits per heavy atom. The van der Waals surface area contributed by atoms with Crippen LogP contribution >= 0.6 is 11.3 Å². The first-order chi connectivity index (χ1) is 16.7. The Morgan fingerprint density at radius 1 is 0.971 bits per heavy atom. The number of benzene rings is 2. The smallest absolute Gasteiger partial charge is 0.341 e. The molecule has 3 aromatic rings. The number of imide groups is 1. The lowest BCUT2D eigenvalue weighted by Gasteiger charge is -2.12. The number of sulfonamides is 1. The molecular formula is C24H22N2O7S2. The van der Waals surface area contributed by atoms with E-state index in [0.717, 1.165) is 16.2 Å². The maximum Gasteiger partial charge on any atom is 0.341 e. The van der Waals surface area contributed by atoms with Crippen LogP contribution in [0, 0.1) is 0 Å². The topological polar surface area (TPSA) is 119 Å². The van der Waals surface area contributed by atoms with Gasteiger partial charge in [-0.15, -0.1) is 11.3 Å². The zero-order valence-electron chi connectivity index (χ0n) is 18.9. The predicted octanol–water partition coefficient (Wildman–Crippen LogP) is 3.92. The van der Waals surface area contributed by atoms with E-state index in [0.29, 0.717) is 28.4 Å². The van der Waals surface area contributed by atoms with E-state index in [2.05, 4.69) is 4.72 Å². The number of esters is 1. The first-order valence-electron chi connectivity index (χ1n) is 10.8. The minimum Gasteiger partial charge on any atom is -0.494 e. The van der Waals surface area contributed by atoms with Crippen molar-refractivity contribution < 1.29 is 32.3 Å². The van der Waals surface area contributed by atoms with E-state index < -0.39 is 27.8 Å². The second kappa shape index (κ2) is 9.88. The molecule has 0 radical (unpaired) electrons. The summed E-state index contributed by atoms with van der Waals surface area (Å²) in [4.78, 5) is 39.5. The summed E-state index contributed by atoms with van der Waals surface area (Å²) >= 11 is 0.954. The van der Waals surface area contributed by atoms with Gasteiger partial charge in [-0.1, -0.05) is 12.1 Å². The second-order valence-corrected chi connectivity index (χ2v) is 10.2. The summed E-state index contributed by atoms with van der Waals surface area (Å²) in [5.41, 5.74) is 0.602. The van der Waals surface area contributed by atoms with E-state index in [-0.39, 0.29) is 28.6 Å². The number of thiophene rings is 1. The average Bonchev–Trinajstić information content (AvgIpc) is 3.34. The molecule has 1 aromatic heterocycles. The van der Waals surface area contributed by atoms with Gasteiger partial charge in [0.15, 0.2) is 0 Å². The summed E-state index contributed by atoms with van der Waals surface area (Å²) in [5.74, 6) is -1.10. The zero-order chi connectivity index (χ0) is 25.2. The van der Waals surface area contributed by atoms with Crippen molar-refractivity contribution in [3.63, 3.8) is 0 Å². The lowest BCUT2D eigenvalue weighted by molar-refractivity contribution is 0.0527. The molecular weight excluding hydrogens is 492 g/mol. The molecule has 2 aromatic carbocycles. The Kier molecular flexibility index (Phi) is 6.90. The number of ether oxygens (including phenoxy) is 2. The van der Waals surface area contributed by atoms with Crippen molar-refractivity contribution in [1.82, 2.24) is 4.90 Å². The number of carbonyl (C=O) groups excluding carboxylic acids is 3. The molecule has 0 saturated heterocycles. The molecule has 4 rings (SSSR count). The van der Waals surface area contributed by atoms with Gasteiger partial charge in [-0.05, 0) is 56.3 Å². The minimum atomic E-state index is -4.05. The molecule has 0 unspecified atom stereocenters. The molecule has 0 aliphatic carbocycles. The van der Waals surface area contributed by atoms with Gasteiger partial charge < -0.3 is 9.47 Å². The van der Waals surface area contributed by atoms with Gasteiger partial charge in [0.1, 0.15) is 10.8 Å². The van der Waals surface area contributed by atoms with Crippen molar-refractivity contribution in [2.24, 2.45) is 0 Å². The van der Waals surface area contributed by atoms with E-state index in [1.807, 2.05) is 6.92 Å². The molecule has 9 nitrogen and oxygen atoms in total. The number of amides is 2. The zero-order valence-corrected chi connectivity index (χ0v) is 20.6. The van der Waals surface area contributed by atoms with Crippen LogP contribution in [0.2, 0.25) is 0 Å². The number of nitrogens with one attached hydrogen (secondary N) is 1. The molecule has 35 heavy (non-hydrogen) atoms. The van der Waals surface area contributed by atoms with Gasteiger partial charge in [0.2, 0.25) is 0 Å². The highest BCUT2D eigenvalue weighted by Crippen LogP contribution is 2.34. The van der Waals surface area contributed by atoms with E-state index in [1.54, 1.807) is 31.2 Å². The molecule has 11 heteroatoms. The van der Waals surface area contributed by atoms with Gasteiger partial charge in [-0.3, -0.25) is 19.2 Å². The van der Waals surface area contributed by atoms with Crippen LogP contribution < -0.4 is 9.46 Å². The van der Waals surface area contributed by atoms with Gasteiger partial charge in [0.05, 0.1) is 41.3 Å². The first kappa shape index (κ1) is 24.4. The van der Waals surface area contributed by atoms with Crippen molar-refractivity contribution >= 4 is 44.1 Å². The summed E-state index contributed by atoms with van der Waals surface area (Å²) in [6.07, 6.45) is 0. The lowest BCUT2D eigenvalue weighted by atomic mass is 10.1. The molecule has 1 aliphatic rings. The molecule has 0 spiro atoms. The van der Waals surface area contributed by atoms with Crippen molar-refractivity contribution in [1.29, 1.82) is 0 Å². The summed E-state index contributed by atoms with van der Waals surface area (Å²) in [6.45, 7) is 3.87. The molecule has 0 atom stereocenters. The number of hydrogen-bond donors (Lipinski definition) is 1. The van der Waals surface area contributed by atoms with Gasteiger partial charge in [0.25, 0.3) is 21.8 Å². The van der Waals surface area contributed by atoms with Gasteiger partial charge in [-0.2, -0.15) is 0 Å². The van der Waals surface area contributed by atoms with Crippen LogP contribution in [0.1, 0.15) is 49.8 Å². The molecule has 0 fully saturated rings. The SMILES string of the molecule is CCOC(=O)c1cc(CN2C(=O)c3ccccc3C2=O)sc1NS(=O)(=O)c1ccc(OCC)cc1.